The molecule has 6 nitrogen and oxygen atoms in total. The zero-order valence-corrected chi connectivity index (χ0v) is 15.6. The number of piperazine rings is 1. The molecule has 0 amide bonds. The van der Waals surface area contributed by atoms with Crippen molar-refractivity contribution in [1.82, 2.24) is 24.6 Å². The minimum absolute atomic E-state index is 0.770. The van der Waals surface area contributed by atoms with Crippen molar-refractivity contribution in [2.24, 2.45) is 0 Å². The molecule has 27 heavy (non-hydrogen) atoms. The van der Waals surface area contributed by atoms with Gasteiger partial charge in [-0.15, -0.1) is 0 Å². The third kappa shape index (κ3) is 4.41. The van der Waals surface area contributed by atoms with E-state index in [1.54, 1.807) is 10.9 Å². The molecule has 0 unspecified atom stereocenters. The SMILES string of the molecule is Cc1nc(N2CCN(CC=Cc3ccccc3)CC2)cc(-n2cccn2)n1. The molecular weight excluding hydrogens is 336 g/mol. The molecule has 6 heteroatoms. The van der Waals surface area contributed by atoms with Crippen LogP contribution >= 0.6 is 0 Å². The van der Waals surface area contributed by atoms with Crippen molar-refractivity contribution >= 4 is 11.9 Å². The molecule has 3 heterocycles. The Morgan fingerprint density at radius 3 is 2.48 bits per heavy atom. The minimum Gasteiger partial charge on any atom is -0.354 e. The molecule has 0 spiro atoms. The van der Waals surface area contributed by atoms with Gasteiger partial charge in [-0.25, -0.2) is 14.6 Å². The summed E-state index contributed by atoms with van der Waals surface area (Å²) in [5, 5.41) is 4.28. The van der Waals surface area contributed by atoms with E-state index in [-0.39, 0.29) is 0 Å². The minimum atomic E-state index is 0.770. The average molecular weight is 360 g/mol. The molecular formula is C21H24N6. The summed E-state index contributed by atoms with van der Waals surface area (Å²) in [5.74, 6) is 2.56. The number of anilines is 1. The number of aromatic nitrogens is 4. The summed E-state index contributed by atoms with van der Waals surface area (Å²) in [5.41, 5.74) is 1.25. The van der Waals surface area contributed by atoms with Crippen LogP contribution in [-0.4, -0.2) is 57.4 Å². The van der Waals surface area contributed by atoms with Gasteiger partial charge in [0.25, 0.3) is 0 Å². The van der Waals surface area contributed by atoms with Gasteiger partial charge in [0.05, 0.1) is 0 Å². The van der Waals surface area contributed by atoms with Gasteiger partial charge in [-0.1, -0.05) is 42.5 Å². The van der Waals surface area contributed by atoms with Crippen LogP contribution in [0.15, 0.2) is 60.9 Å². The fourth-order valence-corrected chi connectivity index (χ4v) is 3.28. The lowest BCUT2D eigenvalue weighted by molar-refractivity contribution is 0.283. The van der Waals surface area contributed by atoms with Gasteiger partial charge in [-0.2, -0.15) is 5.10 Å². The predicted molar refractivity (Wildman–Crippen MR) is 108 cm³/mol. The lowest BCUT2D eigenvalue weighted by Gasteiger charge is -2.35. The van der Waals surface area contributed by atoms with Gasteiger partial charge in [0.2, 0.25) is 0 Å². The van der Waals surface area contributed by atoms with Crippen LogP contribution in [-0.2, 0) is 0 Å². The maximum atomic E-state index is 4.64. The van der Waals surface area contributed by atoms with Crippen molar-refractivity contribution < 1.29 is 0 Å². The molecule has 2 aromatic heterocycles. The summed E-state index contributed by atoms with van der Waals surface area (Å²) in [4.78, 5) is 13.9. The number of hydrogen-bond acceptors (Lipinski definition) is 5. The molecule has 1 aromatic carbocycles. The molecule has 0 saturated carbocycles. The summed E-state index contributed by atoms with van der Waals surface area (Å²) in [6.07, 6.45) is 8.10. The second kappa shape index (κ2) is 8.14. The van der Waals surface area contributed by atoms with E-state index in [0.717, 1.165) is 50.2 Å². The topological polar surface area (TPSA) is 50.1 Å². The third-order valence-electron chi connectivity index (χ3n) is 4.72. The van der Waals surface area contributed by atoms with Crippen LogP contribution in [0.25, 0.3) is 11.9 Å². The number of aryl methyl sites for hydroxylation is 1. The Morgan fingerprint density at radius 2 is 1.74 bits per heavy atom. The monoisotopic (exact) mass is 360 g/mol. The second-order valence-corrected chi connectivity index (χ2v) is 6.68. The molecule has 1 aliphatic rings. The van der Waals surface area contributed by atoms with Gasteiger partial charge in [0.1, 0.15) is 11.6 Å². The van der Waals surface area contributed by atoms with Gasteiger partial charge >= 0.3 is 0 Å². The Morgan fingerprint density at radius 1 is 0.963 bits per heavy atom. The molecule has 0 radical (unpaired) electrons. The molecule has 0 atom stereocenters. The van der Waals surface area contributed by atoms with Crippen LogP contribution in [0.5, 0.6) is 0 Å². The van der Waals surface area contributed by atoms with Crippen molar-refractivity contribution in [3.63, 3.8) is 0 Å². The highest BCUT2D eigenvalue weighted by Gasteiger charge is 2.18. The molecule has 138 valence electrons. The standard InChI is InChI=1S/C21H24N6/c1-18-23-20(17-21(24-18)27-12-6-10-22-27)26-15-13-25(14-16-26)11-5-9-19-7-3-2-4-8-19/h2-10,12,17H,11,13-16H2,1H3. The van der Waals surface area contributed by atoms with Gasteiger partial charge in [0.15, 0.2) is 5.82 Å². The summed E-state index contributed by atoms with van der Waals surface area (Å²) in [6, 6.07) is 14.4. The number of nitrogens with zero attached hydrogens (tertiary/aromatic N) is 6. The average Bonchev–Trinajstić information content (AvgIpc) is 3.24. The summed E-state index contributed by atoms with van der Waals surface area (Å²) in [7, 11) is 0. The number of rotatable bonds is 5. The van der Waals surface area contributed by atoms with Gasteiger partial charge in [-0.05, 0) is 18.6 Å². The zero-order chi connectivity index (χ0) is 18.5. The normalized spacial score (nSPS) is 15.5. The quantitative estimate of drug-likeness (QED) is 0.700. The Bertz CT molecular complexity index is 880. The third-order valence-corrected chi connectivity index (χ3v) is 4.72. The summed E-state index contributed by atoms with van der Waals surface area (Å²) >= 11 is 0. The Labute approximate surface area is 159 Å². The molecule has 1 saturated heterocycles. The summed E-state index contributed by atoms with van der Waals surface area (Å²) in [6.45, 7) is 6.89. The van der Waals surface area contributed by atoms with Gasteiger partial charge in [-0.3, -0.25) is 4.90 Å². The van der Waals surface area contributed by atoms with Crippen LogP contribution in [0.4, 0.5) is 5.82 Å². The van der Waals surface area contributed by atoms with E-state index in [0.29, 0.717) is 0 Å². The van der Waals surface area contributed by atoms with E-state index in [2.05, 4.69) is 61.3 Å². The smallest absolute Gasteiger partial charge is 0.159 e. The van der Waals surface area contributed by atoms with E-state index in [4.69, 9.17) is 0 Å². The maximum Gasteiger partial charge on any atom is 0.159 e. The zero-order valence-electron chi connectivity index (χ0n) is 15.6. The molecule has 1 fully saturated rings. The van der Waals surface area contributed by atoms with E-state index in [9.17, 15) is 0 Å². The Balaban J connectivity index is 1.36. The lowest BCUT2D eigenvalue weighted by atomic mass is 10.2. The van der Waals surface area contributed by atoms with E-state index in [1.807, 2.05) is 31.3 Å². The van der Waals surface area contributed by atoms with Crippen molar-refractivity contribution in [1.29, 1.82) is 0 Å². The first-order valence-corrected chi connectivity index (χ1v) is 9.32. The highest BCUT2D eigenvalue weighted by atomic mass is 15.3. The number of hydrogen-bond donors (Lipinski definition) is 0. The van der Waals surface area contributed by atoms with Crippen molar-refractivity contribution in [2.45, 2.75) is 6.92 Å². The van der Waals surface area contributed by atoms with Gasteiger partial charge < -0.3 is 4.90 Å². The first-order chi connectivity index (χ1) is 13.3. The predicted octanol–water partition coefficient (Wildman–Crippen LogP) is 2.81. The maximum absolute atomic E-state index is 4.64. The van der Waals surface area contributed by atoms with E-state index in [1.165, 1.54) is 5.56 Å². The van der Waals surface area contributed by atoms with Crippen LogP contribution in [0.1, 0.15) is 11.4 Å². The fraction of sp³-hybridized carbons (Fsp3) is 0.286. The molecule has 0 aliphatic carbocycles. The Kier molecular flexibility index (Phi) is 5.25. The second-order valence-electron chi connectivity index (χ2n) is 6.68. The first-order valence-electron chi connectivity index (χ1n) is 9.32. The van der Waals surface area contributed by atoms with Crippen molar-refractivity contribution in [3.8, 4) is 5.82 Å². The number of benzene rings is 1. The molecule has 0 bridgehead atoms. The highest BCUT2D eigenvalue weighted by molar-refractivity contribution is 5.49. The van der Waals surface area contributed by atoms with Crippen molar-refractivity contribution in [2.75, 3.05) is 37.6 Å². The Hall–Kier alpha value is -2.99. The molecule has 1 aliphatic heterocycles. The van der Waals surface area contributed by atoms with Crippen LogP contribution in [0.2, 0.25) is 0 Å². The highest BCUT2D eigenvalue weighted by Crippen LogP contribution is 2.17. The molecule has 0 N–H and O–H groups in total. The first kappa shape index (κ1) is 17.4. The van der Waals surface area contributed by atoms with E-state index >= 15 is 0 Å². The fourth-order valence-electron chi connectivity index (χ4n) is 3.28. The van der Waals surface area contributed by atoms with Crippen LogP contribution < -0.4 is 4.90 Å². The summed E-state index contributed by atoms with van der Waals surface area (Å²) < 4.78 is 1.78. The molecule has 3 aromatic rings. The van der Waals surface area contributed by atoms with Crippen LogP contribution in [0.3, 0.4) is 0 Å². The largest absolute Gasteiger partial charge is 0.354 e. The lowest BCUT2D eigenvalue weighted by Crippen LogP contribution is -2.46. The van der Waals surface area contributed by atoms with E-state index < -0.39 is 0 Å². The molecule has 4 rings (SSSR count). The van der Waals surface area contributed by atoms with Crippen LogP contribution in [0, 0.1) is 6.92 Å². The van der Waals surface area contributed by atoms with Gasteiger partial charge in [0, 0.05) is 51.2 Å². The van der Waals surface area contributed by atoms with Crippen molar-refractivity contribution in [3.05, 3.63) is 72.3 Å².